The Morgan fingerprint density at radius 1 is 1.67 bits per heavy atom. The van der Waals surface area contributed by atoms with Gasteiger partial charge in [-0.1, -0.05) is 6.92 Å². The summed E-state index contributed by atoms with van der Waals surface area (Å²) in [5.41, 5.74) is 5.55. The van der Waals surface area contributed by atoms with E-state index in [4.69, 9.17) is 7.85 Å². The molecule has 0 saturated heterocycles. The summed E-state index contributed by atoms with van der Waals surface area (Å²) in [5, 5.41) is 0. The zero-order valence-corrected chi connectivity index (χ0v) is 6.10. The standard InChI is InChI=1S/C5H12BN3/c1-4(6)5(7-2)9-8-3/h4,8H,1-3H3,(H,7,9). The first-order valence-electron chi connectivity index (χ1n) is 2.87. The summed E-state index contributed by atoms with van der Waals surface area (Å²) in [6.45, 7) is 1.87. The van der Waals surface area contributed by atoms with E-state index in [-0.39, 0.29) is 5.82 Å². The minimum atomic E-state index is -0.0394. The van der Waals surface area contributed by atoms with Crippen molar-refractivity contribution in [2.45, 2.75) is 12.7 Å². The summed E-state index contributed by atoms with van der Waals surface area (Å²) in [5.74, 6) is 0.722. The highest BCUT2D eigenvalue weighted by Gasteiger charge is 1.99. The van der Waals surface area contributed by atoms with E-state index >= 15 is 0 Å². The van der Waals surface area contributed by atoms with Gasteiger partial charge in [0.05, 0.1) is 7.85 Å². The van der Waals surface area contributed by atoms with Gasteiger partial charge in [0.15, 0.2) is 0 Å². The minimum Gasteiger partial charge on any atom is -0.310 e. The van der Waals surface area contributed by atoms with Crippen LogP contribution in [0, 0.1) is 0 Å². The molecule has 1 unspecified atom stereocenters. The lowest BCUT2D eigenvalue weighted by molar-refractivity contribution is 0.752. The van der Waals surface area contributed by atoms with Gasteiger partial charge >= 0.3 is 0 Å². The van der Waals surface area contributed by atoms with Crippen LogP contribution < -0.4 is 10.9 Å². The smallest absolute Gasteiger partial charge is 0.104 e. The Morgan fingerprint density at radius 2 is 2.22 bits per heavy atom. The summed E-state index contributed by atoms with van der Waals surface area (Å²) in [7, 11) is 8.97. The van der Waals surface area contributed by atoms with Crippen LogP contribution in [0.1, 0.15) is 6.92 Å². The molecule has 0 heterocycles. The number of nitrogens with one attached hydrogen (secondary N) is 2. The summed E-state index contributed by atoms with van der Waals surface area (Å²) < 4.78 is 0. The van der Waals surface area contributed by atoms with Gasteiger partial charge in [0.25, 0.3) is 0 Å². The van der Waals surface area contributed by atoms with Crippen LogP contribution in [0.5, 0.6) is 0 Å². The molecule has 1 atom stereocenters. The Kier molecular flexibility index (Phi) is 4.14. The Labute approximate surface area is 57.3 Å². The maximum atomic E-state index is 5.50. The topological polar surface area (TPSA) is 36.4 Å². The maximum Gasteiger partial charge on any atom is 0.104 e. The third kappa shape index (κ3) is 3.14. The van der Waals surface area contributed by atoms with E-state index in [1.54, 1.807) is 14.1 Å². The quantitative estimate of drug-likeness (QED) is 0.230. The van der Waals surface area contributed by atoms with Gasteiger partial charge < -0.3 is 5.43 Å². The van der Waals surface area contributed by atoms with E-state index in [0.717, 1.165) is 5.84 Å². The summed E-state index contributed by atoms with van der Waals surface area (Å²) in [4.78, 5) is 3.90. The molecule has 0 aliphatic rings. The molecule has 9 heavy (non-hydrogen) atoms. The molecular weight excluding hydrogens is 113 g/mol. The second-order valence-corrected chi connectivity index (χ2v) is 1.77. The summed E-state index contributed by atoms with van der Waals surface area (Å²) >= 11 is 0. The van der Waals surface area contributed by atoms with Crippen LogP contribution >= 0.6 is 0 Å². The van der Waals surface area contributed by atoms with Crippen molar-refractivity contribution in [3.63, 3.8) is 0 Å². The van der Waals surface area contributed by atoms with Gasteiger partial charge in [-0.2, -0.15) is 0 Å². The molecule has 0 amide bonds. The first-order valence-corrected chi connectivity index (χ1v) is 2.87. The number of amidine groups is 1. The van der Waals surface area contributed by atoms with E-state index in [1.807, 2.05) is 6.92 Å². The molecule has 0 fully saturated rings. The molecule has 0 saturated carbocycles. The highest BCUT2D eigenvalue weighted by Crippen LogP contribution is 1.94. The first kappa shape index (κ1) is 8.49. The van der Waals surface area contributed by atoms with Crippen LogP contribution in [0.4, 0.5) is 0 Å². The Bertz CT molecular complexity index is 100. The zero-order valence-electron chi connectivity index (χ0n) is 6.10. The number of rotatable bonds is 2. The second kappa shape index (κ2) is 4.38. The van der Waals surface area contributed by atoms with Crippen LogP contribution in [0.2, 0.25) is 5.82 Å². The van der Waals surface area contributed by atoms with Crippen molar-refractivity contribution >= 4 is 13.7 Å². The Balaban J connectivity index is 3.70. The van der Waals surface area contributed by atoms with Gasteiger partial charge in [-0.05, 0) is 5.82 Å². The highest BCUT2D eigenvalue weighted by molar-refractivity contribution is 6.24. The Hall–Kier alpha value is -0.505. The molecule has 0 bridgehead atoms. The molecule has 2 radical (unpaired) electrons. The predicted molar refractivity (Wildman–Crippen MR) is 40.7 cm³/mol. The minimum absolute atomic E-state index is 0.0394. The number of hydrogen-bond donors (Lipinski definition) is 2. The fourth-order valence-electron chi connectivity index (χ4n) is 0.501. The van der Waals surface area contributed by atoms with Crippen LogP contribution in [0.3, 0.4) is 0 Å². The molecule has 2 N–H and O–H groups in total. The normalized spacial score (nSPS) is 15.2. The average molecular weight is 125 g/mol. The van der Waals surface area contributed by atoms with E-state index in [2.05, 4.69) is 15.8 Å². The van der Waals surface area contributed by atoms with Crippen LogP contribution in [-0.4, -0.2) is 27.8 Å². The molecule has 50 valence electrons. The van der Waals surface area contributed by atoms with Crippen molar-refractivity contribution < 1.29 is 0 Å². The van der Waals surface area contributed by atoms with Crippen molar-refractivity contribution in [3.8, 4) is 0 Å². The zero-order chi connectivity index (χ0) is 7.28. The van der Waals surface area contributed by atoms with E-state index in [9.17, 15) is 0 Å². The van der Waals surface area contributed by atoms with Crippen LogP contribution in [-0.2, 0) is 0 Å². The highest BCUT2D eigenvalue weighted by atomic mass is 15.4. The first-order chi connectivity index (χ1) is 4.22. The molecule has 0 aliphatic carbocycles. The van der Waals surface area contributed by atoms with Gasteiger partial charge in [-0.3, -0.25) is 4.99 Å². The van der Waals surface area contributed by atoms with Crippen molar-refractivity contribution in [2.75, 3.05) is 14.1 Å². The fraction of sp³-hybridized carbons (Fsp3) is 0.800. The number of hydrogen-bond acceptors (Lipinski definition) is 2. The second-order valence-electron chi connectivity index (χ2n) is 1.77. The number of nitrogens with zero attached hydrogens (tertiary/aromatic N) is 1. The lowest BCUT2D eigenvalue weighted by atomic mass is 9.89. The molecule has 0 aliphatic heterocycles. The van der Waals surface area contributed by atoms with Crippen molar-refractivity contribution in [3.05, 3.63) is 0 Å². The van der Waals surface area contributed by atoms with Gasteiger partial charge in [0.1, 0.15) is 5.84 Å². The predicted octanol–water partition coefficient (Wildman–Crippen LogP) is -0.284. The summed E-state index contributed by atoms with van der Waals surface area (Å²) in [6, 6.07) is 0. The third-order valence-corrected chi connectivity index (χ3v) is 0.925. The number of aliphatic imine (C=N–C) groups is 1. The van der Waals surface area contributed by atoms with Crippen LogP contribution in [0.15, 0.2) is 4.99 Å². The lowest BCUT2D eigenvalue weighted by Crippen LogP contribution is -2.36. The van der Waals surface area contributed by atoms with E-state index < -0.39 is 0 Å². The van der Waals surface area contributed by atoms with Crippen molar-refractivity contribution in [1.82, 2.24) is 10.9 Å². The largest absolute Gasteiger partial charge is 0.310 e. The third-order valence-electron chi connectivity index (χ3n) is 0.925. The molecule has 0 aromatic rings. The molecule has 0 aromatic heterocycles. The molecule has 4 heteroatoms. The fourth-order valence-corrected chi connectivity index (χ4v) is 0.501. The van der Waals surface area contributed by atoms with E-state index in [1.165, 1.54) is 0 Å². The van der Waals surface area contributed by atoms with Gasteiger partial charge in [-0.25, -0.2) is 5.43 Å². The molecule has 0 spiro atoms. The lowest BCUT2D eigenvalue weighted by Gasteiger charge is -2.10. The molecule has 0 rings (SSSR count). The number of hydrazine groups is 1. The maximum absolute atomic E-state index is 5.50. The monoisotopic (exact) mass is 125 g/mol. The van der Waals surface area contributed by atoms with E-state index in [0.29, 0.717) is 0 Å². The Morgan fingerprint density at radius 3 is 2.33 bits per heavy atom. The SMILES string of the molecule is [B]C(C)C(=NC)NNC. The molecule has 0 aromatic carbocycles. The van der Waals surface area contributed by atoms with Crippen molar-refractivity contribution in [2.24, 2.45) is 4.99 Å². The van der Waals surface area contributed by atoms with Crippen LogP contribution in [0.25, 0.3) is 0 Å². The van der Waals surface area contributed by atoms with Gasteiger partial charge in [0.2, 0.25) is 0 Å². The average Bonchev–Trinajstić information content (AvgIpc) is 1.82. The van der Waals surface area contributed by atoms with Gasteiger partial charge in [0, 0.05) is 14.1 Å². The molecular formula is C5H12BN3. The summed E-state index contributed by atoms with van der Waals surface area (Å²) in [6.07, 6.45) is 0. The molecule has 3 nitrogen and oxygen atoms in total. The van der Waals surface area contributed by atoms with Crippen molar-refractivity contribution in [1.29, 1.82) is 0 Å². The van der Waals surface area contributed by atoms with Gasteiger partial charge in [-0.15, -0.1) is 0 Å².